The van der Waals surface area contributed by atoms with Gasteiger partial charge in [-0.05, 0) is 0 Å². The Morgan fingerprint density at radius 1 is 1.26 bits per heavy atom. The van der Waals surface area contributed by atoms with Crippen LogP contribution in [-0.2, 0) is 13.0 Å². The SMILES string of the molecule is NC(=O)c1nccnc1N1CCc2[nH]c(=O)[nH]c2C1. The topological polar surface area (TPSA) is 121 Å². The maximum atomic E-state index is 11.3. The van der Waals surface area contributed by atoms with E-state index in [1.54, 1.807) is 0 Å². The van der Waals surface area contributed by atoms with Crippen LogP contribution < -0.4 is 16.3 Å². The van der Waals surface area contributed by atoms with Crippen LogP contribution in [0.3, 0.4) is 0 Å². The third-order valence-corrected chi connectivity index (χ3v) is 3.09. The van der Waals surface area contributed by atoms with Crippen molar-refractivity contribution in [3.63, 3.8) is 0 Å². The lowest BCUT2D eigenvalue weighted by atomic mass is 10.1. The molecule has 2 aromatic heterocycles. The van der Waals surface area contributed by atoms with E-state index < -0.39 is 5.91 Å². The third-order valence-electron chi connectivity index (χ3n) is 3.09. The summed E-state index contributed by atoms with van der Waals surface area (Å²) in [7, 11) is 0. The smallest absolute Gasteiger partial charge is 0.323 e. The quantitative estimate of drug-likeness (QED) is 0.649. The van der Waals surface area contributed by atoms with Gasteiger partial charge in [-0.15, -0.1) is 0 Å². The van der Waals surface area contributed by atoms with Gasteiger partial charge in [-0.1, -0.05) is 0 Å². The van der Waals surface area contributed by atoms with Crippen molar-refractivity contribution in [2.24, 2.45) is 5.73 Å². The zero-order valence-electron chi connectivity index (χ0n) is 10.0. The molecule has 1 amide bonds. The molecular weight excluding hydrogens is 248 g/mol. The number of hydrogen-bond acceptors (Lipinski definition) is 5. The van der Waals surface area contributed by atoms with E-state index in [4.69, 9.17) is 5.73 Å². The van der Waals surface area contributed by atoms with Gasteiger partial charge in [-0.3, -0.25) is 4.79 Å². The number of fused-ring (bicyclic) bond motifs is 1. The highest BCUT2D eigenvalue weighted by molar-refractivity contribution is 5.95. The van der Waals surface area contributed by atoms with Crippen molar-refractivity contribution >= 4 is 11.7 Å². The summed E-state index contributed by atoms with van der Waals surface area (Å²) in [5.41, 5.74) is 6.91. The van der Waals surface area contributed by atoms with Crippen LogP contribution in [0.4, 0.5) is 5.82 Å². The van der Waals surface area contributed by atoms with Gasteiger partial charge in [-0.2, -0.15) is 0 Å². The number of nitrogens with one attached hydrogen (secondary N) is 2. The number of H-pyrrole nitrogens is 2. The zero-order chi connectivity index (χ0) is 13.4. The molecule has 0 atom stereocenters. The van der Waals surface area contributed by atoms with Gasteiger partial charge in [0.25, 0.3) is 5.91 Å². The number of aromatic amines is 2. The Morgan fingerprint density at radius 3 is 2.79 bits per heavy atom. The summed E-state index contributed by atoms with van der Waals surface area (Å²) < 4.78 is 0. The van der Waals surface area contributed by atoms with Crippen LogP contribution in [0.15, 0.2) is 17.2 Å². The van der Waals surface area contributed by atoms with Crippen molar-refractivity contribution in [3.05, 3.63) is 40.0 Å². The van der Waals surface area contributed by atoms with Gasteiger partial charge < -0.3 is 20.6 Å². The molecule has 0 bridgehead atoms. The number of nitrogens with zero attached hydrogens (tertiary/aromatic N) is 3. The molecule has 4 N–H and O–H groups in total. The number of nitrogens with two attached hydrogens (primary N) is 1. The van der Waals surface area contributed by atoms with Crippen molar-refractivity contribution in [2.45, 2.75) is 13.0 Å². The number of carbonyl (C=O) groups excluding carboxylic acids is 1. The summed E-state index contributed by atoms with van der Waals surface area (Å²) in [6, 6.07) is 0. The molecule has 98 valence electrons. The lowest BCUT2D eigenvalue weighted by molar-refractivity contribution is 0.0995. The maximum Gasteiger partial charge on any atom is 0.323 e. The first-order valence-electron chi connectivity index (χ1n) is 5.81. The highest BCUT2D eigenvalue weighted by Crippen LogP contribution is 2.21. The van der Waals surface area contributed by atoms with Crippen LogP contribution in [0.5, 0.6) is 0 Å². The minimum absolute atomic E-state index is 0.142. The number of imidazole rings is 1. The van der Waals surface area contributed by atoms with Crippen molar-refractivity contribution in [3.8, 4) is 0 Å². The highest BCUT2D eigenvalue weighted by atomic mass is 16.1. The van der Waals surface area contributed by atoms with Crippen LogP contribution in [0.2, 0.25) is 0 Å². The van der Waals surface area contributed by atoms with Gasteiger partial charge in [0, 0.05) is 31.1 Å². The zero-order valence-corrected chi connectivity index (χ0v) is 10.0. The lowest BCUT2D eigenvalue weighted by Gasteiger charge is -2.27. The summed E-state index contributed by atoms with van der Waals surface area (Å²) in [6.07, 6.45) is 3.61. The largest absolute Gasteiger partial charge is 0.364 e. The lowest BCUT2D eigenvalue weighted by Crippen LogP contribution is -2.33. The monoisotopic (exact) mass is 260 g/mol. The molecule has 0 aliphatic carbocycles. The number of anilines is 1. The molecule has 0 fully saturated rings. The molecule has 8 nitrogen and oxygen atoms in total. The molecule has 8 heteroatoms. The number of carbonyl (C=O) groups is 1. The van der Waals surface area contributed by atoms with Gasteiger partial charge in [0.15, 0.2) is 11.5 Å². The van der Waals surface area contributed by atoms with E-state index in [9.17, 15) is 9.59 Å². The molecule has 0 saturated heterocycles. The summed E-state index contributed by atoms with van der Waals surface area (Å²) in [5.74, 6) is -0.167. The van der Waals surface area contributed by atoms with E-state index in [0.717, 1.165) is 11.4 Å². The Morgan fingerprint density at radius 2 is 2.00 bits per heavy atom. The summed E-state index contributed by atoms with van der Waals surface area (Å²) in [4.78, 5) is 38.0. The second-order valence-electron chi connectivity index (χ2n) is 4.30. The van der Waals surface area contributed by atoms with Crippen LogP contribution >= 0.6 is 0 Å². The summed E-state index contributed by atoms with van der Waals surface area (Å²) >= 11 is 0. The van der Waals surface area contributed by atoms with E-state index in [-0.39, 0.29) is 11.4 Å². The molecule has 19 heavy (non-hydrogen) atoms. The number of hydrogen-bond donors (Lipinski definition) is 3. The van der Waals surface area contributed by atoms with Gasteiger partial charge in [0.1, 0.15) is 0 Å². The first-order valence-corrected chi connectivity index (χ1v) is 5.81. The third kappa shape index (κ3) is 1.96. The van der Waals surface area contributed by atoms with Gasteiger partial charge in [0.2, 0.25) is 0 Å². The van der Waals surface area contributed by atoms with Crippen LogP contribution in [0.25, 0.3) is 0 Å². The first-order chi connectivity index (χ1) is 9.15. The van der Waals surface area contributed by atoms with E-state index in [1.165, 1.54) is 12.4 Å². The van der Waals surface area contributed by atoms with Crippen LogP contribution in [0.1, 0.15) is 21.9 Å². The average molecular weight is 260 g/mol. The molecule has 0 radical (unpaired) electrons. The molecule has 1 aliphatic rings. The Hall–Kier alpha value is -2.64. The molecule has 0 unspecified atom stereocenters. The highest BCUT2D eigenvalue weighted by Gasteiger charge is 2.23. The molecule has 0 saturated carbocycles. The van der Waals surface area contributed by atoms with Gasteiger partial charge in [0.05, 0.1) is 12.2 Å². The Labute approximate surface area is 107 Å². The standard InChI is InChI=1S/C11H12N6O2/c12-9(18)8-10(14-3-2-13-8)17-4-1-6-7(5-17)16-11(19)15-6/h2-3H,1,4-5H2,(H2,12,18)(H2,15,16,19). The second-order valence-corrected chi connectivity index (χ2v) is 4.30. The Balaban J connectivity index is 1.97. The molecule has 0 spiro atoms. The van der Waals surface area contributed by atoms with E-state index in [1.807, 2.05) is 4.90 Å². The molecule has 1 aliphatic heterocycles. The van der Waals surface area contributed by atoms with Gasteiger partial charge in [-0.25, -0.2) is 14.8 Å². The minimum Gasteiger partial charge on any atom is -0.364 e. The number of aromatic nitrogens is 4. The number of amides is 1. The Kier molecular flexibility index (Phi) is 2.55. The summed E-state index contributed by atoms with van der Waals surface area (Å²) in [6.45, 7) is 1.10. The fourth-order valence-electron chi connectivity index (χ4n) is 2.24. The van der Waals surface area contributed by atoms with Crippen molar-refractivity contribution in [2.75, 3.05) is 11.4 Å². The molecule has 2 aromatic rings. The van der Waals surface area contributed by atoms with Crippen LogP contribution in [-0.4, -0.2) is 32.4 Å². The molecule has 0 aromatic carbocycles. The first kappa shape index (κ1) is 11.5. The minimum atomic E-state index is -0.614. The molecule has 3 rings (SSSR count). The second kappa shape index (κ2) is 4.23. The predicted octanol–water partition coefficient (Wildman–Crippen LogP) is -0.845. The van der Waals surface area contributed by atoms with Gasteiger partial charge >= 0.3 is 5.69 Å². The normalized spacial score (nSPS) is 14.2. The molecular formula is C11H12N6O2. The fourth-order valence-corrected chi connectivity index (χ4v) is 2.24. The predicted molar refractivity (Wildman–Crippen MR) is 66.7 cm³/mol. The summed E-state index contributed by atoms with van der Waals surface area (Å²) in [5, 5.41) is 0. The van der Waals surface area contributed by atoms with E-state index in [0.29, 0.717) is 25.3 Å². The molecule has 3 heterocycles. The maximum absolute atomic E-state index is 11.3. The Bertz CT molecular complexity index is 688. The number of rotatable bonds is 2. The average Bonchev–Trinajstić information content (AvgIpc) is 2.77. The number of primary amides is 1. The van der Waals surface area contributed by atoms with Crippen LogP contribution in [0, 0.1) is 0 Å². The van der Waals surface area contributed by atoms with Crippen molar-refractivity contribution < 1.29 is 4.79 Å². The fraction of sp³-hybridized carbons (Fsp3) is 0.273. The van der Waals surface area contributed by atoms with E-state index >= 15 is 0 Å². The van der Waals surface area contributed by atoms with E-state index in [2.05, 4.69) is 19.9 Å². The van der Waals surface area contributed by atoms with Crippen molar-refractivity contribution in [1.29, 1.82) is 0 Å². The van der Waals surface area contributed by atoms with Crippen molar-refractivity contribution in [1.82, 2.24) is 19.9 Å².